The summed E-state index contributed by atoms with van der Waals surface area (Å²) in [7, 11) is 2.19. The van der Waals surface area contributed by atoms with Gasteiger partial charge in [0.1, 0.15) is 18.7 Å². The van der Waals surface area contributed by atoms with Crippen molar-refractivity contribution in [2.24, 2.45) is 11.1 Å². The standard InChI is InChI=1S/C21H23BClN7S/c22-21(25)14-4-2-1-3-13(14)11-20(21)6-9-30(10-7-20)19-27-12-16(28-29-19)31-15-5-8-26-18(24)17(15)23/h1-5,8,12H,6-7,9-11,22,25H2,(H2,24,26)/t21-/m1/s1. The van der Waals surface area contributed by atoms with Gasteiger partial charge in [-0.25, -0.2) is 9.97 Å². The summed E-state index contributed by atoms with van der Waals surface area (Å²) >= 11 is 7.59. The van der Waals surface area contributed by atoms with E-state index >= 15 is 0 Å². The predicted molar refractivity (Wildman–Crippen MR) is 126 cm³/mol. The molecule has 3 heterocycles. The lowest BCUT2D eigenvalue weighted by Crippen LogP contribution is -2.55. The number of hydrogen-bond donors (Lipinski definition) is 2. The molecule has 2 aliphatic rings. The molecule has 0 radical (unpaired) electrons. The van der Waals surface area contributed by atoms with Crippen molar-refractivity contribution in [2.75, 3.05) is 23.7 Å². The number of benzene rings is 1. The lowest BCUT2D eigenvalue weighted by molar-refractivity contribution is 0.159. The van der Waals surface area contributed by atoms with E-state index in [-0.39, 0.29) is 10.9 Å². The number of hydrogen-bond acceptors (Lipinski definition) is 8. The maximum Gasteiger partial charge on any atom is 0.245 e. The first-order valence-corrected chi connectivity index (χ1v) is 11.5. The molecule has 0 saturated carbocycles. The van der Waals surface area contributed by atoms with Crippen LogP contribution in [0.3, 0.4) is 0 Å². The average molecular weight is 452 g/mol. The van der Waals surface area contributed by atoms with Crippen molar-refractivity contribution >= 4 is 43.0 Å². The summed E-state index contributed by atoms with van der Waals surface area (Å²) in [4.78, 5) is 11.5. The van der Waals surface area contributed by atoms with Crippen molar-refractivity contribution in [3.8, 4) is 0 Å². The summed E-state index contributed by atoms with van der Waals surface area (Å²) in [5.74, 6) is 0.946. The summed E-state index contributed by atoms with van der Waals surface area (Å²) in [6.45, 7) is 1.73. The van der Waals surface area contributed by atoms with E-state index in [0.717, 1.165) is 37.2 Å². The number of halogens is 1. The molecule has 10 heteroatoms. The Balaban J connectivity index is 1.28. The van der Waals surface area contributed by atoms with Gasteiger partial charge in [0, 0.05) is 29.6 Å². The molecular formula is C21H23BClN7S. The van der Waals surface area contributed by atoms with Gasteiger partial charge in [0.05, 0.1) is 11.2 Å². The zero-order chi connectivity index (χ0) is 21.6. The van der Waals surface area contributed by atoms with Crippen molar-refractivity contribution in [3.63, 3.8) is 0 Å². The van der Waals surface area contributed by atoms with E-state index in [9.17, 15) is 0 Å². The minimum absolute atomic E-state index is 0.0778. The van der Waals surface area contributed by atoms with Gasteiger partial charge in [0.25, 0.3) is 0 Å². The molecule has 1 fully saturated rings. The van der Waals surface area contributed by atoms with Crippen molar-refractivity contribution in [1.82, 2.24) is 20.2 Å². The molecule has 2 aromatic heterocycles. The van der Waals surface area contributed by atoms with Crippen LogP contribution in [0, 0.1) is 5.41 Å². The van der Waals surface area contributed by atoms with E-state index in [4.69, 9.17) is 23.1 Å². The Morgan fingerprint density at radius 3 is 2.58 bits per heavy atom. The smallest absolute Gasteiger partial charge is 0.245 e. The van der Waals surface area contributed by atoms with Crippen LogP contribution in [0.1, 0.15) is 24.0 Å². The third-order valence-electron chi connectivity index (χ3n) is 6.83. The SMILES string of the molecule is B[C@@]1(N)c2ccccc2CC12CCN(c1ncc(Sc3ccnc(N)c3Cl)nn1)CC2. The van der Waals surface area contributed by atoms with Gasteiger partial charge in [-0.1, -0.05) is 47.6 Å². The van der Waals surface area contributed by atoms with Crippen molar-refractivity contribution in [2.45, 2.75) is 34.6 Å². The van der Waals surface area contributed by atoms with Crippen molar-refractivity contribution < 1.29 is 0 Å². The number of rotatable bonds is 3. The molecule has 3 aromatic rings. The Hall–Kier alpha value is -2.36. The van der Waals surface area contributed by atoms with Crippen LogP contribution in [-0.4, -0.2) is 41.1 Å². The predicted octanol–water partition coefficient (Wildman–Crippen LogP) is 2.24. The average Bonchev–Trinajstić information content (AvgIpc) is 2.99. The number of piperidine rings is 1. The highest BCUT2D eigenvalue weighted by atomic mass is 35.5. The molecule has 1 spiro atoms. The Kier molecular flexibility index (Phi) is 5.07. The van der Waals surface area contributed by atoms with Gasteiger partial charge < -0.3 is 16.4 Å². The zero-order valence-electron chi connectivity index (χ0n) is 17.3. The topological polar surface area (TPSA) is 107 Å². The molecule has 31 heavy (non-hydrogen) atoms. The molecule has 1 aliphatic carbocycles. The van der Waals surface area contributed by atoms with E-state index in [1.165, 1.54) is 22.9 Å². The molecule has 1 atom stereocenters. The van der Waals surface area contributed by atoms with Gasteiger partial charge in [-0.15, -0.1) is 10.2 Å². The van der Waals surface area contributed by atoms with Crippen LogP contribution in [0.15, 0.2) is 52.6 Å². The minimum Gasteiger partial charge on any atom is -0.382 e. The summed E-state index contributed by atoms with van der Waals surface area (Å²) in [6, 6.07) is 10.4. The van der Waals surface area contributed by atoms with Crippen LogP contribution in [0.2, 0.25) is 5.02 Å². The summed E-state index contributed by atoms with van der Waals surface area (Å²) < 4.78 is 0. The zero-order valence-corrected chi connectivity index (χ0v) is 18.8. The Bertz CT molecular complexity index is 1120. The van der Waals surface area contributed by atoms with Crippen molar-refractivity contribution in [3.05, 3.63) is 58.9 Å². The van der Waals surface area contributed by atoms with Crippen molar-refractivity contribution in [1.29, 1.82) is 0 Å². The van der Waals surface area contributed by atoms with Crippen LogP contribution < -0.4 is 16.4 Å². The number of nitrogens with two attached hydrogens (primary N) is 2. The monoisotopic (exact) mass is 451 g/mol. The number of anilines is 2. The fourth-order valence-electron chi connectivity index (χ4n) is 4.93. The lowest BCUT2D eigenvalue weighted by atomic mass is 9.55. The molecule has 1 aromatic carbocycles. The molecule has 4 N–H and O–H groups in total. The lowest BCUT2D eigenvalue weighted by Gasteiger charge is -2.47. The highest BCUT2D eigenvalue weighted by Gasteiger charge is 2.53. The van der Waals surface area contributed by atoms with Gasteiger partial charge in [-0.3, -0.25) is 0 Å². The van der Waals surface area contributed by atoms with Gasteiger partial charge in [0.15, 0.2) is 0 Å². The van der Waals surface area contributed by atoms with E-state index < -0.39 is 0 Å². The fourth-order valence-corrected chi connectivity index (χ4v) is 5.89. The van der Waals surface area contributed by atoms with Crippen LogP contribution in [0.5, 0.6) is 0 Å². The second-order valence-corrected chi connectivity index (χ2v) is 9.95. The number of fused-ring (bicyclic) bond motifs is 1. The van der Waals surface area contributed by atoms with Gasteiger partial charge in [-0.2, -0.15) is 0 Å². The van der Waals surface area contributed by atoms with Crippen LogP contribution >= 0.6 is 23.4 Å². The first-order chi connectivity index (χ1) is 14.9. The molecule has 158 valence electrons. The van der Waals surface area contributed by atoms with E-state index in [0.29, 0.717) is 21.8 Å². The Morgan fingerprint density at radius 1 is 1.10 bits per heavy atom. The quantitative estimate of drug-likeness (QED) is 0.584. The number of nitrogen functional groups attached to an aromatic ring is 1. The highest BCUT2D eigenvalue weighted by Crippen LogP contribution is 2.53. The molecule has 7 nitrogen and oxygen atoms in total. The molecule has 0 amide bonds. The number of nitrogens with zero attached hydrogens (tertiary/aromatic N) is 5. The van der Waals surface area contributed by atoms with Crippen LogP contribution in [0.25, 0.3) is 0 Å². The third kappa shape index (κ3) is 3.45. The molecular weight excluding hydrogens is 429 g/mol. The molecule has 1 aliphatic heterocycles. The summed E-state index contributed by atoms with van der Waals surface area (Å²) in [5.41, 5.74) is 15.1. The first kappa shape index (κ1) is 20.5. The first-order valence-electron chi connectivity index (χ1n) is 10.3. The second kappa shape index (κ2) is 7.65. The normalized spacial score (nSPS) is 21.9. The van der Waals surface area contributed by atoms with E-state index in [1.54, 1.807) is 18.5 Å². The highest BCUT2D eigenvalue weighted by molar-refractivity contribution is 7.99. The maximum atomic E-state index is 6.91. The number of pyridine rings is 1. The molecule has 0 unspecified atom stereocenters. The molecule has 5 rings (SSSR count). The van der Waals surface area contributed by atoms with E-state index in [1.807, 2.05) is 0 Å². The van der Waals surface area contributed by atoms with E-state index in [2.05, 4.69) is 57.2 Å². The minimum atomic E-state index is -0.319. The van der Waals surface area contributed by atoms with Gasteiger partial charge in [0.2, 0.25) is 5.95 Å². The summed E-state index contributed by atoms with van der Waals surface area (Å²) in [6.07, 6.45) is 6.38. The largest absolute Gasteiger partial charge is 0.382 e. The number of aromatic nitrogens is 4. The Morgan fingerprint density at radius 2 is 1.87 bits per heavy atom. The Labute approximate surface area is 191 Å². The third-order valence-corrected chi connectivity index (χ3v) is 8.30. The second-order valence-electron chi connectivity index (χ2n) is 8.51. The maximum absolute atomic E-state index is 6.91. The van der Waals surface area contributed by atoms with Gasteiger partial charge in [-0.05, 0) is 41.9 Å². The fraction of sp³-hybridized carbons (Fsp3) is 0.333. The molecule has 1 saturated heterocycles. The summed E-state index contributed by atoms with van der Waals surface area (Å²) in [5, 5.41) is 9.77. The van der Waals surface area contributed by atoms with Crippen LogP contribution in [-0.2, 0) is 11.9 Å². The van der Waals surface area contributed by atoms with Crippen LogP contribution in [0.4, 0.5) is 11.8 Å². The molecule has 0 bridgehead atoms. The van der Waals surface area contributed by atoms with Gasteiger partial charge >= 0.3 is 0 Å².